The highest BCUT2D eigenvalue weighted by molar-refractivity contribution is 5.41. The van der Waals surface area contributed by atoms with Crippen LogP contribution in [0.15, 0.2) is 48.5 Å². The summed E-state index contributed by atoms with van der Waals surface area (Å²) in [6, 6.07) is 13.4. The fourth-order valence-corrected chi connectivity index (χ4v) is 1.99. The van der Waals surface area contributed by atoms with E-state index in [0.717, 1.165) is 30.7 Å². The van der Waals surface area contributed by atoms with Crippen molar-refractivity contribution in [1.29, 1.82) is 0 Å². The molecule has 0 saturated carbocycles. The number of ether oxygens (including phenoxy) is 2. The summed E-state index contributed by atoms with van der Waals surface area (Å²) < 4.78 is 11.1. The quantitative estimate of drug-likeness (QED) is 0.329. The van der Waals surface area contributed by atoms with Crippen LogP contribution in [0.4, 0.5) is 11.4 Å². The molecule has 0 fully saturated rings. The average molecular weight is 316 g/mol. The lowest BCUT2D eigenvalue weighted by molar-refractivity contribution is -0.384. The Bertz CT molecular complexity index is 611. The van der Waals surface area contributed by atoms with Crippen molar-refractivity contribution in [1.82, 2.24) is 0 Å². The molecule has 0 radical (unpaired) electrons. The maximum absolute atomic E-state index is 10.5. The highest BCUT2D eigenvalue weighted by Crippen LogP contribution is 2.17. The van der Waals surface area contributed by atoms with Crippen LogP contribution in [0.1, 0.15) is 19.3 Å². The van der Waals surface area contributed by atoms with Crippen molar-refractivity contribution in [3.05, 3.63) is 58.6 Å². The normalized spacial score (nSPS) is 10.3. The number of nitrogen functional groups attached to an aromatic ring is 1. The lowest BCUT2D eigenvalue weighted by Crippen LogP contribution is -2.01. The van der Waals surface area contributed by atoms with Gasteiger partial charge in [0.25, 0.3) is 5.69 Å². The molecule has 122 valence electrons. The van der Waals surface area contributed by atoms with Gasteiger partial charge in [0.2, 0.25) is 0 Å². The SMILES string of the molecule is Nc1ccc(OCCCCCOc2ccc([N+](=O)[O-])cc2)cc1. The monoisotopic (exact) mass is 316 g/mol. The zero-order chi connectivity index (χ0) is 16.5. The second-order valence-corrected chi connectivity index (χ2v) is 5.08. The fraction of sp³-hybridized carbons (Fsp3) is 0.294. The molecule has 2 N–H and O–H groups in total. The molecule has 0 bridgehead atoms. The average Bonchev–Trinajstić information content (AvgIpc) is 2.56. The molecule has 2 aromatic rings. The Labute approximate surface area is 135 Å². The molecule has 6 heteroatoms. The van der Waals surface area contributed by atoms with E-state index in [-0.39, 0.29) is 5.69 Å². The first-order valence-corrected chi connectivity index (χ1v) is 7.51. The molecular formula is C17H20N2O4. The molecule has 0 aromatic heterocycles. The summed E-state index contributed by atoms with van der Waals surface area (Å²) in [4.78, 5) is 10.1. The second kappa shape index (κ2) is 8.63. The lowest BCUT2D eigenvalue weighted by Gasteiger charge is -2.07. The highest BCUT2D eigenvalue weighted by atomic mass is 16.6. The minimum atomic E-state index is -0.426. The Hall–Kier alpha value is -2.76. The molecule has 23 heavy (non-hydrogen) atoms. The predicted octanol–water partition coefficient (Wildman–Crippen LogP) is 3.81. The molecule has 2 rings (SSSR count). The summed E-state index contributed by atoms with van der Waals surface area (Å²) in [5.41, 5.74) is 6.39. The third kappa shape index (κ3) is 5.86. The molecule has 0 spiro atoms. The van der Waals surface area contributed by atoms with Crippen LogP contribution in [-0.2, 0) is 0 Å². The number of rotatable bonds is 9. The molecule has 0 heterocycles. The van der Waals surface area contributed by atoms with E-state index in [4.69, 9.17) is 15.2 Å². The molecule has 0 aliphatic heterocycles. The van der Waals surface area contributed by atoms with Gasteiger partial charge in [0, 0.05) is 17.8 Å². The van der Waals surface area contributed by atoms with Crippen LogP contribution >= 0.6 is 0 Å². The number of nitro benzene ring substituents is 1. The molecule has 6 nitrogen and oxygen atoms in total. The van der Waals surface area contributed by atoms with Gasteiger partial charge >= 0.3 is 0 Å². The molecule has 0 atom stereocenters. The number of nitrogens with two attached hydrogens (primary N) is 1. The first-order valence-electron chi connectivity index (χ1n) is 7.51. The summed E-state index contributed by atoms with van der Waals surface area (Å²) >= 11 is 0. The Morgan fingerprint density at radius 2 is 1.30 bits per heavy atom. The van der Waals surface area contributed by atoms with E-state index < -0.39 is 4.92 Å². The summed E-state index contributed by atoms with van der Waals surface area (Å²) in [6.45, 7) is 1.24. The lowest BCUT2D eigenvalue weighted by atomic mass is 10.2. The number of anilines is 1. The Morgan fingerprint density at radius 1 is 0.826 bits per heavy atom. The van der Waals surface area contributed by atoms with Crippen LogP contribution in [-0.4, -0.2) is 18.1 Å². The van der Waals surface area contributed by atoms with Crippen LogP contribution in [0.3, 0.4) is 0 Å². The standard InChI is InChI=1S/C17H20N2O4/c18-14-4-8-16(9-5-14)22-12-2-1-3-13-23-17-10-6-15(7-11-17)19(20)21/h4-11H,1-3,12-13,18H2. The summed E-state index contributed by atoms with van der Waals surface area (Å²) in [6.07, 6.45) is 2.83. The van der Waals surface area contributed by atoms with Crippen LogP contribution < -0.4 is 15.2 Å². The maximum atomic E-state index is 10.5. The number of hydrogen-bond donors (Lipinski definition) is 1. The van der Waals surface area contributed by atoms with E-state index in [0.29, 0.717) is 19.0 Å². The maximum Gasteiger partial charge on any atom is 0.269 e. The molecule has 0 unspecified atom stereocenters. The first kappa shape index (κ1) is 16.6. The second-order valence-electron chi connectivity index (χ2n) is 5.08. The summed E-state index contributed by atoms with van der Waals surface area (Å²) in [5.74, 6) is 1.47. The summed E-state index contributed by atoms with van der Waals surface area (Å²) in [7, 11) is 0. The Kier molecular flexibility index (Phi) is 6.23. The van der Waals surface area contributed by atoms with Gasteiger partial charge in [0.05, 0.1) is 18.1 Å². The van der Waals surface area contributed by atoms with Crippen molar-refractivity contribution >= 4 is 11.4 Å². The zero-order valence-corrected chi connectivity index (χ0v) is 12.8. The van der Waals surface area contributed by atoms with Crippen molar-refractivity contribution in [2.24, 2.45) is 0 Å². The van der Waals surface area contributed by atoms with Crippen molar-refractivity contribution in [3.63, 3.8) is 0 Å². The van der Waals surface area contributed by atoms with E-state index in [1.165, 1.54) is 12.1 Å². The smallest absolute Gasteiger partial charge is 0.269 e. The fourth-order valence-electron chi connectivity index (χ4n) is 1.99. The predicted molar refractivity (Wildman–Crippen MR) is 88.8 cm³/mol. The van der Waals surface area contributed by atoms with Gasteiger partial charge in [0.15, 0.2) is 0 Å². The van der Waals surface area contributed by atoms with Crippen LogP contribution in [0, 0.1) is 10.1 Å². The third-order valence-corrected chi connectivity index (χ3v) is 3.25. The van der Waals surface area contributed by atoms with Gasteiger partial charge in [0.1, 0.15) is 11.5 Å². The van der Waals surface area contributed by atoms with Crippen molar-refractivity contribution in [2.45, 2.75) is 19.3 Å². The van der Waals surface area contributed by atoms with Gasteiger partial charge in [-0.25, -0.2) is 0 Å². The Morgan fingerprint density at radius 3 is 1.78 bits per heavy atom. The molecule has 0 amide bonds. The van der Waals surface area contributed by atoms with E-state index in [1.807, 2.05) is 24.3 Å². The van der Waals surface area contributed by atoms with Gasteiger partial charge in [-0.15, -0.1) is 0 Å². The number of hydrogen-bond acceptors (Lipinski definition) is 5. The van der Waals surface area contributed by atoms with Crippen LogP contribution in [0.5, 0.6) is 11.5 Å². The molecule has 0 aliphatic rings. The van der Waals surface area contributed by atoms with E-state index in [1.54, 1.807) is 12.1 Å². The molecule has 0 saturated heterocycles. The van der Waals surface area contributed by atoms with Gasteiger partial charge in [-0.3, -0.25) is 10.1 Å². The third-order valence-electron chi connectivity index (χ3n) is 3.25. The van der Waals surface area contributed by atoms with E-state index in [9.17, 15) is 10.1 Å². The van der Waals surface area contributed by atoms with Gasteiger partial charge in [-0.1, -0.05) is 0 Å². The minimum absolute atomic E-state index is 0.0668. The molecular weight excluding hydrogens is 296 g/mol. The molecule has 0 aliphatic carbocycles. The summed E-state index contributed by atoms with van der Waals surface area (Å²) in [5, 5.41) is 10.5. The zero-order valence-electron chi connectivity index (χ0n) is 12.8. The number of benzene rings is 2. The van der Waals surface area contributed by atoms with Crippen molar-refractivity contribution in [3.8, 4) is 11.5 Å². The number of nitro groups is 1. The topological polar surface area (TPSA) is 87.6 Å². The van der Waals surface area contributed by atoms with Gasteiger partial charge in [-0.05, 0) is 55.7 Å². The van der Waals surface area contributed by atoms with E-state index in [2.05, 4.69) is 0 Å². The highest BCUT2D eigenvalue weighted by Gasteiger charge is 2.04. The van der Waals surface area contributed by atoms with Crippen molar-refractivity contribution in [2.75, 3.05) is 18.9 Å². The van der Waals surface area contributed by atoms with Gasteiger partial charge < -0.3 is 15.2 Å². The molecule has 2 aromatic carbocycles. The van der Waals surface area contributed by atoms with Crippen molar-refractivity contribution < 1.29 is 14.4 Å². The van der Waals surface area contributed by atoms with Gasteiger partial charge in [-0.2, -0.15) is 0 Å². The van der Waals surface area contributed by atoms with E-state index >= 15 is 0 Å². The van der Waals surface area contributed by atoms with Crippen LogP contribution in [0.2, 0.25) is 0 Å². The number of unbranched alkanes of at least 4 members (excludes halogenated alkanes) is 2. The first-order chi connectivity index (χ1) is 11.1. The van der Waals surface area contributed by atoms with Crippen LogP contribution in [0.25, 0.3) is 0 Å². The Balaban J connectivity index is 1.55. The number of nitrogens with zero attached hydrogens (tertiary/aromatic N) is 1. The largest absolute Gasteiger partial charge is 0.494 e. The minimum Gasteiger partial charge on any atom is -0.494 e. The number of non-ortho nitro benzene ring substituents is 1.